The van der Waals surface area contributed by atoms with Crippen LogP contribution in [-0.4, -0.2) is 61.7 Å². The van der Waals surface area contributed by atoms with Gasteiger partial charge in [0.2, 0.25) is 0 Å². The lowest BCUT2D eigenvalue weighted by molar-refractivity contribution is 0.0849. The zero-order valence-electron chi connectivity index (χ0n) is 13.3. The zero-order valence-corrected chi connectivity index (χ0v) is 13.3. The standard InChI is InChI=1S/C17H25NO4/c1-12-3-4-15(16(7-12)21-2)22-6-5-18-8-13-14(9-18)17(13,10-19)11-20/h3-4,7,13-14,19-20H,5-6,8-11H2,1-2H3. The number of hydrogen-bond acceptors (Lipinski definition) is 5. The Morgan fingerprint density at radius 1 is 1.18 bits per heavy atom. The molecule has 2 N–H and O–H groups in total. The molecule has 0 aromatic heterocycles. The van der Waals surface area contributed by atoms with Gasteiger partial charge in [-0.15, -0.1) is 0 Å². The molecule has 1 aromatic rings. The number of aliphatic hydroxyl groups excluding tert-OH is 2. The Bertz CT molecular complexity index is 515. The van der Waals surface area contributed by atoms with Gasteiger partial charge in [0.15, 0.2) is 11.5 Å². The van der Waals surface area contributed by atoms with E-state index in [0.717, 1.165) is 36.7 Å². The minimum absolute atomic E-state index is 0.101. The number of hydrogen-bond donors (Lipinski definition) is 2. The van der Waals surface area contributed by atoms with Crippen molar-refractivity contribution in [2.24, 2.45) is 17.3 Å². The molecule has 2 fully saturated rings. The van der Waals surface area contributed by atoms with E-state index >= 15 is 0 Å². The van der Waals surface area contributed by atoms with Crippen LogP contribution in [0.4, 0.5) is 0 Å². The van der Waals surface area contributed by atoms with Crippen molar-refractivity contribution in [2.75, 3.05) is 46.6 Å². The Morgan fingerprint density at radius 3 is 2.45 bits per heavy atom. The maximum Gasteiger partial charge on any atom is 0.161 e. The molecule has 0 radical (unpaired) electrons. The third-order valence-corrected chi connectivity index (χ3v) is 5.34. The first-order valence-electron chi connectivity index (χ1n) is 7.86. The lowest BCUT2D eigenvalue weighted by Gasteiger charge is -2.24. The van der Waals surface area contributed by atoms with Gasteiger partial charge in [-0.25, -0.2) is 0 Å². The summed E-state index contributed by atoms with van der Waals surface area (Å²) in [5.74, 6) is 2.43. The Morgan fingerprint density at radius 2 is 1.86 bits per heavy atom. The largest absolute Gasteiger partial charge is 0.493 e. The van der Waals surface area contributed by atoms with E-state index < -0.39 is 0 Å². The number of likely N-dealkylation sites (tertiary alicyclic amines) is 1. The predicted molar refractivity (Wildman–Crippen MR) is 83.3 cm³/mol. The summed E-state index contributed by atoms with van der Waals surface area (Å²) in [5, 5.41) is 18.9. The van der Waals surface area contributed by atoms with Crippen LogP contribution in [0.25, 0.3) is 0 Å². The van der Waals surface area contributed by atoms with Gasteiger partial charge in [0, 0.05) is 25.0 Å². The first kappa shape index (κ1) is 15.6. The highest BCUT2D eigenvalue weighted by molar-refractivity contribution is 5.42. The maximum atomic E-state index is 9.44. The molecule has 0 amide bonds. The summed E-state index contributed by atoms with van der Waals surface area (Å²) in [5.41, 5.74) is 0.936. The monoisotopic (exact) mass is 307 g/mol. The normalized spacial score (nSPS) is 25.8. The Hall–Kier alpha value is -1.30. The number of piperidine rings is 1. The molecule has 1 saturated carbocycles. The number of ether oxygens (including phenoxy) is 2. The van der Waals surface area contributed by atoms with E-state index in [0.29, 0.717) is 18.4 Å². The van der Waals surface area contributed by atoms with Crippen LogP contribution in [0.15, 0.2) is 18.2 Å². The average molecular weight is 307 g/mol. The maximum absolute atomic E-state index is 9.44. The quantitative estimate of drug-likeness (QED) is 0.784. The molecular formula is C17H25NO4. The molecule has 22 heavy (non-hydrogen) atoms. The molecule has 3 rings (SSSR count). The van der Waals surface area contributed by atoms with Gasteiger partial charge in [-0.1, -0.05) is 6.07 Å². The van der Waals surface area contributed by atoms with Crippen molar-refractivity contribution in [3.8, 4) is 11.5 Å². The van der Waals surface area contributed by atoms with Crippen molar-refractivity contribution in [1.82, 2.24) is 4.90 Å². The average Bonchev–Trinajstić information content (AvgIpc) is 2.89. The number of fused-ring (bicyclic) bond motifs is 1. The topological polar surface area (TPSA) is 62.2 Å². The second-order valence-corrected chi connectivity index (χ2v) is 6.52. The Balaban J connectivity index is 1.46. The summed E-state index contributed by atoms with van der Waals surface area (Å²) in [6.07, 6.45) is 0. The smallest absolute Gasteiger partial charge is 0.161 e. The van der Waals surface area contributed by atoms with Gasteiger partial charge in [0.05, 0.1) is 20.3 Å². The van der Waals surface area contributed by atoms with Crippen molar-refractivity contribution >= 4 is 0 Å². The van der Waals surface area contributed by atoms with Crippen molar-refractivity contribution in [2.45, 2.75) is 6.92 Å². The molecule has 1 saturated heterocycles. The van der Waals surface area contributed by atoms with Crippen molar-refractivity contribution in [3.63, 3.8) is 0 Å². The van der Waals surface area contributed by atoms with Gasteiger partial charge in [-0.3, -0.25) is 4.90 Å². The molecule has 1 heterocycles. The van der Waals surface area contributed by atoms with Gasteiger partial charge < -0.3 is 19.7 Å². The van der Waals surface area contributed by atoms with Gasteiger partial charge >= 0.3 is 0 Å². The summed E-state index contributed by atoms with van der Waals surface area (Å²) >= 11 is 0. The first-order valence-corrected chi connectivity index (χ1v) is 7.86. The van der Waals surface area contributed by atoms with Crippen LogP contribution < -0.4 is 9.47 Å². The number of nitrogens with zero attached hydrogens (tertiary/aromatic N) is 1. The fourth-order valence-electron chi connectivity index (χ4n) is 3.80. The molecule has 5 heteroatoms. The Kier molecular flexibility index (Phi) is 4.30. The highest BCUT2D eigenvalue weighted by atomic mass is 16.5. The van der Waals surface area contributed by atoms with E-state index in [1.807, 2.05) is 25.1 Å². The van der Waals surface area contributed by atoms with E-state index in [1.54, 1.807) is 7.11 Å². The van der Waals surface area contributed by atoms with Gasteiger partial charge in [0.25, 0.3) is 0 Å². The first-order chi connectivity index (χ1) is 10.6. The summed E-state index contributed by atoms with van der Waals surface area (Å²) in [4.78, 5) is 2.35. The number of aliphatic hydroxyl groups is 2. The molecule has 0 bridgehead atoms. The molecule has 2 unspecified atom stereocenters. The van der Waals surface area contributed by atoms with E-state index in [1.165, 1.54) is 0 Å². The molecule has 0 spiro atoms. The fourth-order valence-corrected chi connectivity index (χ4v) is 3.80. The summed E-state index contributed by atoms with van der Waals surface area (Å²) in [6.45, 7) is 5.59. The highest BCUT2D eigenvalue weighted by Gasteiger charge is 2.67. The third-order valence-electron chi connectivity index (χ3n) is 5.34. The van der Waals surface area contributed by atoms with Gasteiger partial charge in [-0.2, -0.15) is 0 Å². The van der Waals surface area contributed by atoms with Crippen molar-refractivity contribution < 1.29 is 19.7 Å². The molecule has 1 aliphatic heterocycles. The molecule has 1 aliphatic carbocycles. The van der Waals surface area contributed by atoms with E-state index in [9.17, 15) is 10.2 Å². The van der Waals surface area contributed by atoms with Crippen molar-refractivity contribution in [3.05, 3.63) is 23.8 Å². The van der Waals surface area contributed by atoms with E-state index in [-0.39, 0.29) is 18.6 Å². The highest BCUT2D eigenvalue weighted by Crippen LogP contribution is 2.61. The van der Waals surface area contributed by atoms with Crippen LogP contribution in [0.3, 0.4) is 0 Å². The van der Waals surface area contributed by atoms with Crippen LogP contribution in [0, 0.1) is 24.2 Å². The Labute approximate surface area is 131 Å². The van der Waals surface area contributed by atoms with Gasteiger partial charge in [0.1, 0.15) is 6.61 Å². The van der Waals surface area contributed by atoms with Crippen LogP contribution in [0.5, 0.6) is 11.5 Å². The second-order valence-electron chi connectivity index (χ2n) is 6.52. The zero-order chi connectivity index (χ0) is 15.7. The predicted octanol–water partition coefficient (Wildman–Crippen LogP) is 0.915. The molecule has 2 atom stereocenters. The van der Waals surface area contributed by atoms with Gasteiger partial charge in [-0.05, 0) is 36.5 Å². The fraction of sp³-hybridized carbons (Fsp3) is 0.647. The number of benzene rings is 1. The molecule has 2 aliphatic rings. The molecule has 122 valence electrons. The number of methoxy groups -OCH3 is 1. The second kappa shape index (κ2) is 6.07. The van der Waals surface area contributed by atoms with Crippen LogP contribution in [-0.2, 0) is 0 Å². The van der Waals surface area contributed by atoms with E-state index in [4.69, 9.17) is 9.47 Å². The third kappa shape index (κ3) is 2.57. The number of aryl methyl sites for hydroxylation is 1. The SMILES string of the molecule is COc1cc(C)ccc1OCCN1CC2C(C1)C2(CO)CO. The summed E-state index contributed by atoms with van der Waals surface area (Å²) in [6, 6.07) is 5.93. The van der Waals surface area contributed by atoms with Crippen LogP contribution >= 0.6 is 0 Å². The van der Waals surface area contributed by atoms with Crippen LogP contribution in [0.1, 0.15) is 5.56 Å². The molecule has 5 nitrogen and oxygen atoms in total. The van der Waals surface area contributed by atoms with E-state index in [2.05, 4.69) is 4.90 Å². The molecule has 1 aromatic carbocycles. The molecular weight excluding hydrogens is 282 g/mol. The lowest BCUT2D eigenvalue weighted by Crippen LogP contribution is -2.34. The summed E-state index contributed by atoms with van der Waals surface area (Å²) < 4.78 is 11.2. The minimum Gasteiger partial charge on any atom is -0.493 e. The number of rotatable bonds is 7. The summed E-state index contributed by atoms with van der Waals surface area (Å²) in [7, 11) is 1.65. The lowest BCUT2D eigenvalue weighted by atomic mass is 10.0. The van der Waals surface area contributed by atoms with Crippen molar-refractivity contribution in [1.29, 1.82) is 0 Å². The van der Waals surface area contributed by atoms with Crippen LogP contribution in [0.2, 0.25) is 0 Å². The minimum atomic E-state index is -0.211.